The van der Waals surface area contributed by atoms with Gasteiger partial charge >= 0.3 is 0 Å². The second kappa shape index (κ2) is 6.62. The van der Waals surface area contributed by atoms with Crippen molar-refractivity contribution >= 4 is 18.0 Å². The smallest absolute Gasteiger partial charge is 0.000295 e. The van der Waals surface area contributed by atoms with Gasteiger partial charge in [0.25, 0.3) is 0 Å². The molecule has 2 heteroatoms. The van der Waals surface area contributed by atoms with Crippen LogP contribution in [-0.4, -0.2) is 12.5 Å². The van der Waals surface area contributed by atoms with Gasteiger partial charge < -0.3 is 5.41 Å². The van der Waals surface area contributed by atoms with Gasteiger partial charge in [0, 0.05) is 6.42 Å². The summed E-state index contributed by atoms with van der Waals surface area (Å²) >= 11 is 1.74. The highest BCUT2D eigenvalue weighted by Gasteiger charge is 1.77. The monoisotopic (exact) mass is 155 g/mol. The van der Waals surface area contributed by atoms with Crippen molar-refractivity contribution in [1.29, 1.82) is 5.41 Å². The Balaban J connectivity index is 3.58. The van der Waals surface area contributed by atoms with Gasteiger partial charge in [-0.2, -0.15) is 0 Å². The van der Waals surface area contributed by atoms with Crippen molar-refractivity contribution in [2.75, 3.05) is 6.26 Å². The first kappa shape index (κ1) is 9.50. The molecule has 0 unspecified atom stereocenters. The third-order valence-electron chi connectivity index (χ3n) is 1.04. The lowest BCUT2D eigenvalue weighted by atomic mass is 10.4. The molecule has 1 nitrogen and oxygen atoms in total. The van der Waals surface area contributed by atoms with Crippen LogP contribution in [0.15, 0.2) is 23.1 Å². The summed E-state index contributed by atoms with van der Waals surface area (Å²) in [7, 11) is 0. The normalized spacial score (nSPS) is 12.4. The van der Waals surface area contributed by atoms with Crippen LogP contribution in [0.3, 0.4) is 0 Å². The van der Waals surface area contributed by atoms with Crippen LogP contribution >= 0.6 is 11.8 Å². The fraction of sp³-hybridized carbons (Fsp3) is 0.375. The van der Waals surface area contributed by atoms with E-state index in [1.54, 1.807) is 11.8 Å². The first-order chi connectivity index (χ1) is 4.81. The Bertz CT molecular complexity index is 147. The molecule has 0 amide bonds. The molecule has 0 rings (SSSR count). The lowest BCUT2D eigenvalue weighted by Crippen LogP contribution is -1.64. The molecule has 1 N–H and O–H groups in total. The minimum atomic E-state index is 0.734. The molecule has 10 heavy (non-hydrogen) atoms. The van der Waals surface area contributed by atoms with Crippen LogP contribution < -0.4 is 0 Å². The van der Waals surface area contributed by atoms with Crippen LogP contribution in [0.2, 0.25) is 0 Å². The molecule has 0 aromatic carbocycles. The van der Waals surface area contributed by atoms with E-state index in [0.717, 1.165) is 6.42 Å². The van der Waals surface area contributed by atoms with Gasteiger partial charge in [0.1, 0.15) is 0 Å². The lowest BCUT2D eigenvalue weighted by Gasteiger charge is -1.87. The zero-order valence-electron chi connectivity index (χ0n) is 6.42. The SMILES string of the molecule is CS/C(C)=C/C=C\CC=N. The molecule has 0 aliphatic heterocycles. The summed E-state index contributed by atoms with van der Waals surface area (Å²) in [5.74, 6) is 0. The van der Waals surface area contributed by atoms with E-state index in [4.69, 9.17) is 5.41 Å². The molecule has 0 radical (unpaired) electrons. The first-order valence-corrected chi connectivity index (χ1v) is 4.40. The lowest BCUT2D eigenvalue weighted by molar-refractivity contribution is 1.43. The fourth-order valence-corrected chi connectivity index (χ4v) is 0.633. The molecule has 0 spiro atoms. The van der Waals surface area contributed by atoms with Crippen molar-refractivity contribution in [2.45, 2.75) is 13.3 Å². The topological polar surface area (TPSA) is 23.9 Å². The zero-order valence-corrected chi connectivity index (χ0v) is 7.24. The first-order valence-electron chi connectivity index (χ1n) is 3.17. The summed E-state index contributed by atoms with van der Waals surface area (Å²) in [4.78, 5) is 1.29. The minimum Gasteiger partial charge on any atom is -0.313 e. The average Bonchev–Trinajstić information content (AvgIpc) is 1.98. The Kier molecular flexibility index (Phi) is 6.29. The van der Waals surface area contributed by atoms with Crippen LogP contribution in [-0.2, 0) is 0 Å². The van der Waals surface area contributed by atoms with Crippen LogP contribution in [0.4, 0.5) is 0 Å². The number of hydrogen-bond acceptors (Lipinski definition) is 2. The summed E-state index contributed by atoms with van der Waals surface area (Å²) in [5.41, 5.74) is 0. The molecule has 0 atom stereocenters. The molecule has 0 aromatic rings. The van der Waals surface area contributed by atoms with Crippen LogP contribution in [0.5, 0.6) is 0 Å². The van der Waals surface area contributed by atoms with Gasteiger partial charge in [-0.15, -0.1) is 11.8 Å². The third kappa shape index (κ3) is 5.63. The Hall–Kier alpha value is -0.500. The van der Waals surface area contributed by atoms with Crippen molar-refractivity contribution in [1.82, 2.24) is 0 Å². The highest BCUT2D eigenvalue weighted by Crippen LogP contribution is 2.08. The van der Waals surface area contributed by atoms with Gasteiger partial charge in [-0.3, -0.25) is 0 Å². The summed E-state index contributed by atoms with van der Waals surface area (Å²) < 4.78 is 0. The van der Waals surface area contributed by atoms with E-state index in [9.17, 15) is 0 Å². The molecule has 0 aliphatic rings. The van der Waals surface area contributed by atoms with Gasteiger partial charge in [0.05, 0.1) is 0 Å². The van der Waals surface area contributed by atoms with E-state index >= 15 is 0 Å². The van der Waals surface area contributed by atoms with Gasteiger partial charge in [-0.05, 0) is 24.3 Å². The van der Waals surface area contributed by atoms with Gasteiger partial charge in [-0.1, -0.05) is 18.2 Å². The van der Waals surface area contributed by atoms with Crippen LogP contribution in [0.1, 0.15) is 13.3 Å². The van der Waals surface area contributed by atoms with Crippen molar-refractivity contribution in [3.05, 3.63) is 23.1 Å². The maximum absolute atomic E-state index is 6.73. The van der Waals surface area contributed by atoms with Crippen molar-refractivity contribution in [2.24, 2.45) is 0 Å². The summed E-state index contributed by atoms with van der Waals surface area (Å²) in [6.45, 7) is 2.07. The summed E-state index contributed by atoms with van der Waals surface area (Å²) in [6, 6.07) is 0. The highest BCUT2D eigenvalue weighted by molar-refractivity contribution is 8.02. The molecule has 56 valence electrons. The molecular formula is C8H13NS. The number of nitrogens with one attached hydrogen (secondary N) is 1. The van der Waals surface area contributed by atoms with E-state index in [1.807, 2.05) is 18.2 Å². The van der Waals surface area contributed by atoms with Gasteiger partial charge in [0.15, 0.2) is 0 Å². The fourth-order valence-electron chi connectivity index (χ4n) is 0.418. The van der Waals surface area contributed by atoms with E-state index in [2.05, 4.69) is 13.2 Å². The molecule has 0 fully saturated rings. The molecule has 0 aliphatic carbocycles. The highest BCUT2D eigenvalue weighted by atomic mass is 32.2. The molecular weight excluding hydrogens is 142 g/mol. The van der Waals surface area contributed by atoms with E-state index in [-0.39, 0.29) is 0 Å². The van der Waals surface area contributed by atoms with E-state index in [1.165, 1.54) is 11.1 Å². The van der Waals surface area contributed by atoms with E-state index < -0.39 is 0 Å². The predicted molar refractivity (Wildman–Crippen MR) is 49.8 cm³/mol. The minimum absolute atomic E-state index is 0.734. The summed E-state index contributed by atoms with van der Waals surface area (Å²) in [5, 5.41) is 6.73. The maximum atomic E-state index is 6.73. The molecule has 0 saturated heterocycles. The molecule has 0 heterocycles. The van der Waals surface area contributed by atoms with Crippen molar-refractivity contribution in [3.8, 4) is 0 Å². The maximum Gasteiger partial charge on any atom is 0.000295 e. The molecule has 0 aromatic heterocycles. The largest absolute Gasteiger partial charge is 0.313 e. The van der Waals surface area contributed by atoms with Crippen LogP contribution in [0.25, 0.3) is 0 Å². The second-order valence-electron chi connectivity index (χ2n) is 1.85. The van der Waals surface area contributed by atoms with Gasteiger partial charge in [-0.25, -0.2) is 0 Å². The molecule has 0 saturated carbocycles. The van der Waals surface area contributed by atoms with Crippen molar-refractivity contribution in [3.63, 3.8) is 0 Å². The molecule has 0 bridgehead atoms. The number of rotatable bonds is 4. The second-order valence-corrected chi connectivity index (χ2v) is 2.90. The number of allylic oxidation sites excluding steroid dienone is 4. The third-order valence-corrected chi connectivity index (χ3v) is 1.82. The Morgan fingerprint density at radius 2 is 2.30 bits per heavy atom. The Labute approximate surface area is 66.7 Å². The van der Waals surface area contributed by atoms with E-state index in [0.29, 0.717) is 0 Å². The quantitative estimate of drug-likeness (QED) is 0.490. The van der Waals surface area contributed by atoms with Crippen molar-refractivity contribution < 1.29 is 0 Å². The number of thioether (sulfide) groups is 1. The predicted octanol–water partition coefficient (Wildman–Crippen LogP) is 2.85. The summed E-state index contributed by atoms with van der Waals surface area (Å²) in [6.07, 6.45) is 10.2. The Morgan fingerprint density at radius 1 is 1.60 bits per heavy atom. The average molecular weight is 155 g/mol. The van der Waals surface area contributed by atoms with Gasteiger partial charge in [0.2, 0.25) is 0 Å². The zero-order chi connectivity index (χ0) is 7.82. The van der Waals surface area contributed by atoms with Crippen LogP contribution in [0, 0.1) is 5.41 Å². The standard InChI is InChI=1S/C8H13NS/c1-8(10-2)6-4-3-5-7-9/h3-4,6-7,9H,5H2,1-2H3/b4-3-,8-6+,9-7?. The number of hydrogen-bond donors (Lipinski definition) is 1. The Morgan fingerprint density at radius 3 is 2.80 bits per heavy atom.